The maximum Gasteiger partial charge on any atom is 0.380 e. The number of hydrogen-bond acceptors (Lipinski definition) is 6. The Morgan fingerprint density at radius 3 is 2.61 bits per heavy atom. The van der Waals surface area contributed by atoms with E-state index in [0.717, 1.165) is 11.3 Å². The summed E-state index contributed by atoms with van der Waals surface area (Å²) in [5, 5.41) is 0.699. The van der Waals surface area contributed by atoms with Gasteiger partial charge >= 0.3 is 11.6 Å². The van der Waals surface area contributed by atoms with E-state index in [1.54, 1.807) is 27.0 Å². The fourth-order valence-electron chi connectivity index (χ4n) is 2.90. The molecular formula is C22H22O6. The van der Waals surface area contributed by atoms with Crippen molar-refractivity contribution in [2.24, 2.45) is 0 Å². The molecule has 6 nitrogen and oxygen atoms in total. The van der Waals surface area contributed by atoms with Crippen molar-refractivity contribution < 1.29 is 23.4 Å². The first-order chi connectivity index (χ1) is 13.4. The third kappa shape index (κ3) is 3.86. The molecule has 1 heterocycles. The molecule has 0 bridgehead atoms. The Labute approximate surface area is 162 Å². The maximum absolute atomic E-state index is 12.3. The Balaban J connectivity index is 1.93. The number of rotatable bonds is 6. The summed E-state index contributed by atoms with van der Waals surface area (Å²) in [6.07, 6.45) is 0.174. The lowest BCUT2D eigenvalue weighted by Gasteiger charge is -2.13. The molecule has 2 aromatic carbocycles. The Morgan fingerprint density at radius 1 is 1.11 bits per heavy atom. The molecule has 3 aromatic rings. The summed E-state index contributed by atoms with van der Waals surface area (Å²) >= 11 is 0. The van der Waals surface area contributed by atoms with Gasteiger partial charge in [-0.25, -0.2) is 4.79 Å². The lowest BCUT2D eigenvalue weighted by molar-refractivity contribution is -0.134. The number of esters is 1. The molecule has 6 heteroatoms. The first kappa shape index (κ1) is 19.5. The topological polar surface area (TPSA) is 75.0 Å². The quantitative estimate of drug-likeness (QED) is 0.467. The van der Waals surface area contributed by atoms with Gasteiger partial charge in [-0.1, -0.05) is 19.1 Å². The second kappa shape index (κ2) is 8.17. The van der Waals surface area contributed by atoms with Crippen LogP contribution in [0.25, 0.3) is 11.0 Å². The minimum atomic E-state index is -0.681. The molecule has 0 saturated heterocycles. The highest BCUT2D eigenvalue weighted by atomic mass is 16.5. The van der Waals surface area contributed by atoms with Crippen molar-refractivity contribution in [1.29, 1.82) is 0 Å². The molecule has 0 aliphatic rings. The van der Waals surface area contributed by atoms with E-state index in [9.17, 15) is 9.59 Å². The lowest BCUT2D eigenvalue weighted by atomic mass is 10.1. The monoisotopic (exact) mass is 382 g/mol. The SMILES string of the molecule is CCC(=O)Oc1c(C)c2ccc(OCc3cccc(OC)c3)c(C)c2oc1=O. The van der Waals surface area contributed by atoms with Gasteiger partial charge in [-0.15, -0.1) is 0 Å². The molecule has 0 amide bonds. The average molecular weight is 382 g/mol. The van der Waals surface area contributed by atoms with E-state index in [1.165, 1.54) is 0 Å². The summed E-state index contributed by atoms with van der Waals surface area (Å²) in [6, 6.07) is 11.2. The number of carbonyl (C=O) groups is 1. The highest BCUT2D eigenvalue weighted by molar-refractivity contribution is 5.87. The number of ether oxygens (including phenoxy) is 3. The first-order valence-electron chi connectivity index (χ1n) is 8.98. The summed E-state index contributed by atoms with van der Waals surface area (Å²) in [5.41, 5.74) is 1.96. The van der Waals surface area contributed by atoms with E-state index >= 15 is 0 Å². The Morgan fingerprint density at radius 2 is 1.89 bits per heavy atom. The lowest BCUT2D eigenvalue weighted by Crippen LogP contribution is -2.15. The van der Waals surface area contributed by atoms with Crippen LogP contribution >= 0.6 is 0 Å². The third-order valence-corrected chi connectivity index (χ3v) is 4.51. The fourth-order valence-corrected chi connectivity index (χ4v) is 2.90. The standard InChI is InChI=1S/C22H22O6/c1-5-19(23)27-21-13(2)17-9-10-18(14(3)20(17)28-22(21)24)26-12-15-7-6-8-16(11-15)25-4/h6-11H,5,12H2,1-4H3. The van der Waals surface area contributed by atoms with Gasteiger partial charge in [-0.2, -0.15) is 0 Å². The van der Waals surface area contributed by atoms with Crippen LogP contribution in [0.5, 0.6) is 17.2 Å². The van der Waals surface area contributed by atoms with Gasteiger partial charge in [0.1, 0.15) is 23.7 Å². The predicted octanol–water partition coefficient (Wildman–Crippen LogP) is 4.31. The molecule has 28 heavy (non-hydrogen) atoms. The van der Waals surface area contributed by atoms with Crippen LogP contribution < -0.4 is 19.8 Å². The molecule has 0 aliphatic heterocycles. The minimum absolute atomic E-state index is 0.0659. The molecule has 0 fully saturated rings. The van der Waals surface area contributed by atoms with Gasteiger partial charge in [0, 0.05) is 22.9 Å². The van der Waals surface area contributed by atoms with Gasteiger partial charge in [0.05, 0.1) is 7.11 Å². The van der Waals surface area contributed by atoms with E-state index in [4.69, 9.17) is 18.6 Å². The van der Waals surface area contributed by atoms with Gasteiger partial charge in [0.2, 0.25) is 5.75 Å². The molecule has 1 aromatic heterocycles. The Kier molecular flexibility index (Phi) is 5.68. The van der Waals surface area contributed by atoms with Crippen molar-refractivity contribution in [3.63, 3.8) is 0 Å². The van der Waals surface area contributed by atoms with Gasteiger partial charge in [0.25, 0.3) is 0 Å². The van der Waals surface area contributed by atoms with E-state index in [0.29, 0.717) is 34.5 Å². The van der Waals surface area contributed by atoms with Crippen LogP contribution in [0.15, 0.2) is 45.6 Å². The predicted molar refractivity (Wildman–Crippen MR) is 105 cm³/mol. The third-order valence-electron chi connectivity index (χ3n) is 4.51. The number of hydrogen-bond donors (Lipinski definition) is 0. The second-order valence-corrected chi connectivity index (χ2v) is 6.38. The normalized spacial score (nSPS) is 10.7. The number of aryl methyl sites for hydroxylation is 2. The second-order valence-electron chi connectivity index (χ2n) is 6.38. The zero-order valence-electron chi connectivity index (χ0n) is 16.3. The average Bonchev–Trinajstić information content (AvgIpc) is 2.71. The zero-order chi connectivity index (χ0) is 20.3. The molecular weight excluding hydrogens is 360 g/mol. The summed E-state index contributed by atoms with van der Waals surface area (Å²) < 4.78 is 21.7. The van der Waals surface area contributed by atoms with Gasteiger partial charge in [0.15, 0.2) is 0 Å². The number of fused-ring (bicyclic) bond motifs is 1. The Bertz CT molecular complexity index is 1080. The largest absolute Gasteiger partial charge is 0.497 e. The number of carbonyl (C=O) groups excluding carboxylic acids is 1. The molecule has 0 saturated carbocycles. The van der Waals surface area contributed by atoms with Crippen LogP contribution in [0.1, 0.15) is 30.0 Å². The minimum Gasteiger partial charge on any atom is -0.497 e. The van der Waals surface area contributed by atoms with Gasteiger partial charge in [-0.05, 0) is 43.7 Å². The summed E-state index contributed by atoms with van der Waals surface area (Å²) in [4.78, 5) is 23.9. The fraction of sp³-hybridized carbons (Fsp3) is 0.273. The molecule has 0 N–H and O–H groups in total. The summed E-state index contributed by atoms with van der Waals surface area (Å²) in [7, 11) is 1.61. The van der Waals surface area contributed by atoms with E-state index < -0.39 is 11.6 Å². The van der Waals surface area contributed by atoms with E-state index in [2.05, 4.69) is 0 Å². The molecule has 0 atom stereocenters. The van der Waals surface area contributed by atoms with E-state index in [-0.39, 0.29) is 12.2 Å². The van der Waals surface area contributed by atoms with Crippen molar-refractivity contribution in [3.8, 4) is 17.2 Å². The highest BCUT2D eigenvalue weighted by Crippen LogP contribution is 2.32. The molecule has 146 valence electrons. The number of methoxy groups -OCH3 is 1. The number of benzene rings is 2. The zero-order valence-corrected chi connectivity index (χ0v) is 16.3. The maximum atomic E-state index is 12.3. The first-order valence-corrected chi connectivity index (χ1v) is 8.98. The van der Waals surface area contributed by atoms with Crippen molar-refractivity contribution in [3.05, 3.63) is 63.5 Å². The molecule has 0 radical (unpaired) electrons. The summed E-state index contributed by atoms with van der Waals surface area (Å²) in [6.45, 7) is 5.56. The molecule has 3 rings (SSSR count). The Hall–Kier alpha value is -3.28. The summed E-state index contributed by atoms with van der Waals surface area (Å²) in [5.74, 6) is 0.816. The van der Waals surface area contributed by atoms with Crippen LogP contribution in [-0.2, 0) is 11.4 Å². The van der Waals surface area contributed by atoms with Crippen LogP contribution in [0.2, 0.25) is 0 Å². The van der Waals surface area contributed by atoms with Crippen molar-refractivity contribution in [2.45, 2.75) is 33.8 Å². The van der Waals surface area contributed by atoms with Crippen molar-refractivity contribution in [1.82, 2.24) is 0 Å². The van der Waals surface area contributed by atoms with Gasteiger partial charge in [-0.3, -0.25) is 4.79 Å². The molecule has 0 unspecified atom stereocenters. The molecule has 0 aliphatic carbocycles. The highest BCUT2D eigenvalue weighted by Gasteiger charge is 2.18. The van der Waals surface area contributed by atoms with Crippen LogP contribution in [0.3, 0.4) is 0 Å². The van der Waals surface area contributed by atoms with Crippen LogP contribution in [0, 0.1) is 13.8 Å². The van der Waals surface area contributed by atoms with Crippen molar-refractivity contribution >= 4 is 16.9 Å². The molecule has 0 spiro atoms. The van der Waals surface area contributed by atoms with Crippen LogP contribution in [-0.4, -0.2) is 13.1 Å². The van der Waals surface area contributed by atoms with Gasteiger partial charge < -0.3 is 18.6 Å². The van der Waals surface area contributed by atoms with Crippen LogP contribution in [0.4, 0.5) is 0 Å². The van der Waals surface area contributed by atoms with E-state index in [1.807, 2.05) is 37.3 Å². The van der Waals surface area contributed by atoms with Crippen molar-refractivity contribution in [2.75, 3.05) is 7.11 Å². The smallest absolute Gasteiger partial charge is 0.380 e.